The Morgan fingerprint density at radius 1 is 1.43 bits per heavy atom. The van der Waals surface area contributed by atoms with Crippen LogP contribution in [0.3, 0.4) is 0 Å². The summed E-state index contributed by atoms with van der Waals surface area (Å²) in [4.78, 5) is 10.5. The Bertz CT molecular complexity index is 245. The van der Waals surface area contributed by atoms with Crippen molar-refractivity contribution in [3.63, 3.8) is 0 Å². The summed E-state index contributed by atoms with van der Waals surface area (Å²) < 4.78 is 0. The van der Waals surface area contributed by atoms with Crippen molar-refractivity contribution >= 4 is 5.97 Å². The molecule has 0 amide bonds. The van der Waals surface area contributed by atoms with Crippen LogP contribution in [0.2, 0.25) is 0 Å². The molecule has 0 aromatic rings. The summed E-state index contributed by atoms with van der Waals surface area (Å²) in [6, 6.07) is 0. The number of carboxylic acids is 1. The Morgan fingerprint density at radius 3 is 2.36 bits per heavy atom. The zero-order valence-electron chi connectivity index (χ0n) is 9.50. The van der Waals surface area contributed by atoms with Crippen LogP contribution in [0.5, 0.6) is 0 Å². The Labute approximate surface area is 86.3 Å². The van der Waals surface area contributed by atoms with Gasteiger partial charge in [0.1, 0.15) is 0 Å². The molecule has 0 aliphatic carbocycles. The lowest BCUT2D eigenvalue weighted by molar-refractivity contribution is -0.131. The highest BCUT2D eigenvalue weighted by atomic mass is 16.4. The Kier molecular flexibility index (Phi) is 5.93. The largest absolute Gasteiger partial charge is 0.478 e. The molecule has 0 fully saturated rings. The van der Waals surface area contributed by atoms with Gasteiger partial charge in [-0.1, -0.05) is 31.1 Å². The van der Waals surface area contributed by atoms with E-state index in [0.717, 1.165) is 18.4 Å². The lowest BCUT2D eigenvalue weighted by atomic mass is 9.94. The van der Waals surface area contributed by atoms with Gasteiger partial charge in [0.25, 0.3) is 0 Å². The molecule has 0 aliphatic heterocycles. The molecule has 1 atom stereocenters. The maximum absolute atomic E-state index is 10.5. The summed E-state index contributed by atoms with van der Waals surface area (Å²) >= 11 is 0. The third-order valence-corrected chi connectivity index (χ3v) is 2.23. The average molecular weight is 196 g/mol. The molecule has 0 saturated heterocycles. The second kappa shape index (κ2) is 6.41. The maximum atomic E-state index is 10.5. The van der Waals surface area contributed by atoms with Crippen molar-refractivity contribution in [2.75, 3.05) is 0 Å². The van der Waals surface area contributed by atoms with Crippen LogP contribution in [-0.4, -0.2) is 11.1 Å². The molecule has 80 valence electrons. The van der Waals surface area contributed by atoms with Crippen LogP contribution in [0.25, 0.3) is 0 Å². The number of carbonyl (C=O) groups is 1. The highest BCUT2D eigenvalue weighted by molar-refractivity contribution is 5.80. The predicted octanol–water partition coefficient (Wildman–Crippen LogP) is 3.40. The number of allylic oxidation sites excluding steroid dienone is 3. The monoisotopic (exact) mass is 196 g/mol. The molecule has 0 spiro atoms. The molecule has 2 heteroatoms. The second-order valence-electron chi connectivity index (χ2n) is 3.83. The van der Waals surface area contributed by atoms with Crippen LogP contribution in [-0.2, 0) is 4.79 Å². The van der Waals surface area contributed by atoms with Gasteiger partial charge in [-0.3, -0.25) is 0 Å². The number of hydrogen-bond donors (Lipinski definition) is 1. The first-order valence-corrected chi connectivity index (χ1v) is 5.04. The van der Waals surface area contributed by atoms with E-state index in [4.69, 9.17) is 5.11 Å². The van der Waals surface area contributed by atoms with Gasteiger partial charge in [-0.25, -0.2) is 4.79 Å². The second-order valence-corrected chi connectivity index (χ2v) is 3.83. The zero-order chi connectivity index (χ0) is 11.1. The Hall–Kier alpha value is -1.05. The Morgan fingerprint density at radius 2 is 2.00 bits per heavy atom. The maximum Gasteiger partial charge on any atom is 0.328 e. The van der Waals surface area contributed by atoms with E-state index in [1.807, 2.05) is 6.92 Å². The van der Waals surface area contributed by atoms with E-state index in [1.165, 1.54) is 11.6 Å². The van der Waals surface area contributed by atoms with Crippen molar-refractivity contribution in [1.29, 1.82) is 0 Å². The predicted molar refractivity (Wildman–Crippen MR) is 59.2 cm³/mol. The summed E-state index contributed by atoms with van der Waals surface area (Å²) in [7, 11) is 0. The van der Waals surface area contributed by atoms with Crippen molar-refractivity contribution in [3.05, 3.63) is 23.3 Å². The Balaban J connectivity index is 4.39. The highest BCUT2D eigenvalue weighted by Crippen LogP contribution is 2.18. The molecule has 0 rings (SSSR count). The quantitative estimate of drug-likeness (QED) is 0.540. The smallest absolute Gasteiger partial charge is 0.328 e. The van der Waals surface area contributed by atoms with Crippen molar-refractivity contribution in [3.8, 4) is 0 Å². The highest BCUT2D eigenvalue weighted by Gasteiger charge is 2.06. The van der Waals surface area contributed by atoms with Crippen LogP contribution in [0.1, 0.15) is 40.5 Å². The molecule has 1 N–H and O–H groups in total. The fourth-order valence-corrected chi connectivity index (χ4v) is 1.32. The molecule has 0 aromatic carbocycles. The van der Waals surface area contributed by atoms with Crippen molar-refractivity contribution in [2.24, 2.45) is 5.92 Å². The van der Waals surface area contributed by atoms with Gasteiger partial charge in [0.15, 0.2) is 0 Å². The topological polar surface area (TPSA) is 37.3 Å². The van der Waals surface area contributed by atoms with Gasteiger partial charge in [0.05, 0.1) is 0 Å². The van der Waals surface area contributed by atoms with E-state index in [1.54, 1.807) is 0 Å². The molecule has 0 aromatic heterocycles. The summed E-state index contributed by atoms with van der Waals surface area (Å²) in [6.45, 7) is 8.17. The standard InChI is InChI=1S/C12H20O2/c1-5-11(8-12(13)14)10(4)7-6-9(2)3/h6,8,10H,5,7H2,1-4H3,(H,13,14). The molecule has 0 saturated carbocycles. The lowest BCUT2D eigenvalue weighted by Crippen LogP contribution is -2.01. The van der Waals surface area contributed by atoms with Crippen LogP contribution in [0.4, 0.5) is 0 Å². The number of aliphatic carboxylic acids is 1. The van der Waals surface area contributed by atoms with Crippen molar-refractivity contribution in [1.82, 2.24) is 0 Å². The van der Waals surface area contributed by atoms with Gasteiger partial charge in [-0.15, -0.1) is 0 Å². The molecule has 14 heavy (non-hydrogen) atoms. The lowest BCUT2D eigenvalue weighted by Gasteiger charge is -2.11. The van der Waals surface area contributed by atoms with E-state index in [-0.39, 0.29) is 0 Å². The van der Waals surface area contributed by atoms with Gasteiger partial charge in [0, 0.05) is 6.08 Å². The van der Waals surface area contributed by atoms with Crippen molar-refractivity contribution in [2.45, 2.75) is 40.5 Å². The first-order chi connectivity index (χ1) is 6.47. The van der Waals surface area contributed by atoms with E-state index in [0.29, 0.717) is 5.92 Å². The fraction of sp³-hybridized carbons (Fsp3) is 0.583. The molecule has 0 heterocycles. The minimum Gasteiger partial charge on any atom is -0.478 e. The number of hydrogen-bond acceptors (Lipinski definition) is 1. The SMILES string of the molecule is CCC(=CC(=O)O)C(C)CC=C(C)C. The third kappa shape index (κ3) is 5.57. The van der Waals surface area contributed by atoms with E-state index in [2.05, 4.69) is 26.8 Å². The molecule has 0 radical (unpaired) electrons. The average Bonchev–Trinajstić information content (AvgIpc) is 2.09. The van der Waals surface area contributed by atoms with Gasteiger partial charge in [-0.2, -0.15) is 0 Å². The number of carboxylic acid groups (broad SMARTS) is 1. The first kappa shape index (κ1) is 12.9. The van der Waals surface area contributed by atoms with E-state index < -0.39 is 5.97 Å². The van der Waals surface area contributed by atoms with Gasteiger partial charge >= 0.3 is 5.97 Å². The minimum atomic E-state index is -0.842. The molecule has 2 nitrogen and oxygen atoms in total. The normalized spacial score (nSPS) is 13.6. The molecular formula is C12H20O2. The van der Waals surface area contributed by atoms with E-state index in [9.17, 15) is 4.79 Å². The van der Waals surface area contributed by atoms with Gasteiger partial charge in [-0.05, 0) is 32.6 Å². The van der Waals surface area contributed by atoms with Gasteiger partial charge < -0.3 is 5.11 Å². The molecule has 0 bridgehead atoms. The first-order valence-electron chi connectivity index (χ1n) is 5.04. The van der Waals surface area contributed by atoms with Crippen LogP contribution >= 0.6 is 0 Å². The summed E-state index contributed by atoms with van der Waals surface area (Å²) in [5, 5.41) is 8.65. The fourth-order valence-electron chi connectivity index (χ4n) is 1.32. The third-order valence-electron chi connectivity index (χ3n) is 2.23. The van der Waals surface area contributed by atoms with Crippen LogP contribution < -0.4 is 0 Å². The molecule has 0 aliphatic rings. The van der Waals surface area contributed by atoms with Gasteiger partial charge in [0.2, 0.25) is 0 Å². The zero-order valence-corrected chi connectivity index (χ0v) is 9.50. The molecular weight excluding hydrogens is 176 g/mol. The van der Waals surface area contributed by atoms with E-state index >= 15 is 0 Å². The number of rotatable bonds is 5. The van der Waals surface area contributed by atoms with Crippen LogP contribution in [0, 0.1) is 5.92 Å². The minimum absolute atomic E-state index is 0.325. The van der Waals surface area contributed by atoms with Crippen LogP contribution in [0.15, 0.2) is 23.3 Å². The summed E-state index contributed by atoms with van der Waals surface area (Å²) in [5.74, 6) is -0.517. The molecule has 1 unspecified atom stereocenters. The summed E-state index contributed by atoms with van der Waals surface area (Å²) in [5.41, 5.74) is 2.29. The van der Waals surface area contributed by atoms with Crippen molar-refractivity contribution < 1.29 is 9.90 Å². The summed E-state index contributed by atoms with van der Waals surface area (Å²) in [6.07, 6.45) is 5.22.